The van der Waals surface area contributed by atoms with E-state index in [0.29, 0.717) is 30.6 Å². The van der Waals surface area contributed by atoms with E-state index in [-0.39, 0.29) is 12.3 Å². The normalized spacial score (nSPS) is 10.7. The molecule has 0 fully saturated rings. The molecule has 0 radical (unpaired) electrons. The molecular formula is C26H26N4O4. The van der Waals surface area contributed by atoms with E-state index in [0.717, 1.165) is 33.8 Å². The second-order valence-electron chi connectivity index (χ2n) is 7.89. The van der Waals surface area contributed by atoms with Crippen LogP contribution in [0.15, 0.2) is 65.3 Å². The number of methoxy groups -OCH3 is 1. The van der Waals surface area contributed by atoms with Gasteiger partial charge in [-0.25, -0.2) is 4.98 Å². The number of pyridine rings is 1. The number of nitrogens with zero attached hydrogens (tertiary/aromatic N) is 3. The molecule has 0 aliphatic heterocycles. The van der Waals surface area contributed by atoms with Gasteiger partial charge in [0.05, 0.1) is 7.11 Å². The lowest BCUT2D eigenvalue weighted by Crippen LogP contribution is -2.23. The number of nitrogens with one attached hydrogen (secondary N) is 1. The summed E-state index contributed by atoms with van der Waals surface area (Å²) >= 11 is 0. The molecule has 8 nitrogen and oxygen atoms in total. The zero-order valence-corrected chi connectivity index (χ0v) is 19.4. The van der Waals surface area contributed by atoms with Gasteiger partial charge in [-0.3, -0.25) is 4.79 Å². The minimum Gasteiger partial charge on any atom is -0.497 e. The second kappa shape index (κ2) is 10.6. The molecule has 4 rings (SSSR count). The molecule has 0 spiro atoms. The predicted octanol–water partition coefficient (Wildman–Crippen LogP) is 4.80. The Morgan fingerprint density at radius 1 is 1.06 bits per heavy atom. The average molecular weight is 459 g/mol. The molecule has 0 aliphatic rings. The van der Waals surface area contributed by atoms with E-state index in [2.05, 4.69) is 20.4 Å². The first-order valence-electron chi connectivity index (χ1n) is 10.9. The molecule has 0 bridgehead atoms. The zero-order valence-electron chi connectivity index (χ0n) is 19.4. The average Bonchev–Trinajstić information content (AvgIpc) is 3.34. The van der Waals surface area contributed by atoms with Crippen LogP contribution in [-0.2, 0) is 17.8 Å². The van der Waals surface area contributed by atoms with Gasteiger partial charge in [-0.2, -0.15) is 4.98 Å². The predicted molar refractivity (Wildman–Crippen MR) is 127 cm³/mol. The summed E-state index contributed by atoms with van der Waals surface area (Å²) in [7, 11) is 1.61. The van der Waals surface area contributed by atoms with Crippen LogP contribution in [0, 0.1) is 13.8 Å². The van der Waals surface area contributed by atoms with Crippen LogP contribution in [0.5, 0.6) is 17.4 Å². The summed E-state index contributed by atoms with van der Waals surface area (Å²) in [5.74, 6) is 2.82. The van der Waals surface area contributed by atoms with Crippen molar-refractivity contribution in [3.8, 4) is 28.8 Å². The number of rotatable bonds is 9. The molecule has 2 aromatic heterocycles. The van der Waals surface area contributed by atoms with Gasteiger partial charge in [0.1, 0.15) is 11.5 Å². The van der Waals surface area contributed by atoms with Crippen LogP contribution in [0.2, 0.25) is 0 Å². The van der Waals surface area contributed by atoms with Crippen molar-refractivity contribution < 1.29 is 18.8 Å². The Bertz CT molecular complexity index is 1250. The number of ether oxygens (including phenoxy) is 2. The third-order valence-electron chi connectivity index (χ3n) is 5.23. The fraction of sp³-hybridized carbons (Fsp3) is 0.231. The summed E-state index contributed by atoms with van der Waals surface area (Å²) in [6.07, 6.45) is 2.29. The molecule has 0 unspecified atom stereocenters. The van der Waals surface area contributed by atoms with Crippen molar-refractivity contribution in [1.29, 1.82) is 0 Å². The number of hydrogen-bond acceptors (Lipinski definition) is 7. The number of hydrogen-bond donors (Lipinski definition) is 1. The molecule has 0 saturated heterocycles. The lowest BCUT2D eigenvalue weighted by Gasteiger charge is -2.09. The van der Waals surface area contributed by atoms with Gasteiger partial charge in [-0.15, -0.1) is 0 Å². The van der Waals surface area contributed by atoms with Crippen LogP contribution in [0.1, 0.15) is 29.0 Å². The number of carbonyl (C=O) groups excluding carboxylic acids is 1. The van der Waals surface area contributed by atoms with Gasteiger partial charge in [0.25, 0.3) is 0 Å². The first-order chi connectivity index (χ1) is 16.5. The summed E-state index contributed by atoms with van der Waals surface area (Å²) in [5, 5.41) is 6.87. The Hall–Kier alpha value is -4.20. The third kappa shape index (κ3) is 5.98. The number of aryl methyl sites for hydroxylation is 3. The smallest absolute Gasteiger partial charge is 0.227 e. The fourth-order valence-electron chi connectivity index (χ4n) is 3.23. The van der Waals surface area contributed by atoms with Crippen molar-refractivity contribution in [2.24, 2.45) is 0 Å². The minimum absolute atomic E-state index is 0.111. The van der Waals surface area contributed by atoms with Crippen LogP contribution >= 0.6 is 0 Å². The van der Waals surface area contributed by atoms with Gasteiger partial charge >= 0.3 is 0 Å². The molecule has 0 saturated carbocycles. The zero-order chi connectivity index (χ0) is 23.9. The molecule has 174 valence electrons. The van der Waals surface area contributed by atoms with Crippen LogP contribution in [0.25, 0.3) is 11.4 Å². The van der Waals surface area contributed by atoms with E-state index < -0.39 is 0 Å². The highest BCUT2D eigenvalue weighted by molar-refractivity contribution is 5.76. The Morgan fingerprint density at radius 2 is 1.88 bits per heavy atom. The largest absolute Gasteiger partial charge is 0.497 e. The van der Waals surface area contributed by atoms with Gasteiger partial charge in [-0.1, -0.05) is 23.4 Å². The summed E-state index contributed by atoms with van der Waals surface area (Å²) in [5.41, 5.74) is 3.86. The van der Waals surface area contributed by atoms with Crippen LogP contribution < -0.4 is 14.8 Å². The molecular weight excluding hydrogens is 432 g/mol. The molecule has 8 heteroatoms. The van der Waals surface area contributed by atoms with Crippen LogP contribution in [0.4, 0.5) is 0 Å². The van der Waals surface area contributed by atoms with Crippen molar-refractivity contribution >= 4 is 5.91 Å². The summed E-state index contributed by atoms with van der Waals surface area (Å²) in [6.45, 7) is 4.38. The van der Waals surface area contributed by atoms with Gasteiger partial charge in [0, 0.05) is 37.2 Å². The quantitative estimate of drug-likeness (QED) is 0.385. The highest BCUT2D eigenvalue weighted by Crippen LogP contribution is 2.25. The first-order valence-corrected chi connectivity index (χ1v) is 10.9. The van der Waals surface area contributed by atoms with E-state index in [9.17, 15) is 4.79 Å². The minimum atomic E-state index is -0.111. The highest BCUT2D eigenvalue weighted by atomic mass is 16.5. The Balaban J connectivity index is 1.24. The molecule has 4 aromatic rings. The maximum atomic E-state index is 12.3. The molecule has 2 aromatic carbocycles. The molecule has 0 aliphatic carbocycles. The number of aromatic nitrogens is 3. The van der Waals surface area contributed by atoms with Crippen molar-refractivity contribution in [2.45, 2.75) is 33.2 Å². The maximum absolute atomic E-state index is 12.3. The second-order valence-corrected chi connectivity index (χ2v) is 7.89. The Labute approximate surface area is 198 Å². The fourth-order valence-corrected chi connectivity index (χ4v) is 3.23. The van der Waals surface area contributed by atoms with E-state index in [1.807, 2.05) is 62.4 Å². The van der Waals surface area contributed by atoms with Crippen molar-refractivity contribution in [3.63, 3.8) is 0 Å². The van der Waals surface area contributed by atoms with Crippen molar-refractivity contribution in [3.05, 3.63) is 83.4 Å². The highest BCUT2D eigenvalue weighted by Gasteiger charge is 2.11. The van der Waals surface area contributed by atoms with E-state index in [4.69, 9.17) is 14.0 Å². The molecule has 1 N–H and O–H groups in total. The maximum Gasteiger partial charge on any atom is 0.227 e. The van der Waals surface area contributed by atoms with Crippen LogP contribution in [0.3, 0.4) is 0 Å². The van der Waals surface area contributed by atoms with Gasteiger partial charge in [-0.05, 0) is 60.9 Å². The lowest BCUT2D eigenvalue weighted by molar-refractivity contribution is -0.121. The van der Waals surface area contributed by atoms with Gasteiger partial charge in [0.2, 0.25) is 23.5 Å². The standard InChI is InChI=1S/C26H26N4O4/c1-17-4-5-18(2)22(14-17)33-24-12-6-19(16-28-24)15-27-23(31)11-13-25-29-26(30-34-25)20-7-9-21(32-3)10-8-20/h4-10,12,14,16H,11,13,15H2,1-3H3,(H,27,31). The Kier molecular flexibility index (Phi) is 7.17. The third-order valence-corrected chi connectivity index (χ3v) is 5.23. The topological polar surface area (TPSA) is 99.4 Å². The number of carbonyl (C=O) groups is 1. The summed E-state index contributed by atoms with van der Waals surface area (Å²) in [6, 6.07) is 17.1. The number of benzene rings is 2. The SMILES string of the molecule is COc1ccc(-c2noc(CCC(=O)NCc3ccc(Oc4cc(C)ccc4C)nc3)n2)cc1. The summed E-state index contributed by atoms with van der Waals surface area (Å²) < 4.78 is 16.3. The van der Waals surface area contributed by atoms with Gasteiger partial charge < -0.3 is 19.3 Å². The van der Waals surface area contributed by atoms with Gasteiger partial charge in [0.15, 0.2) is 0 Å². The molecule has 0 atom stereocenters. The van der Waals surface area contributed by atoms with Crippen LogP contribution in [-0.4, -0.2) is 28.1 Å². The van der Waals surface area contributed by atoms with E-state index in [1.165, 1.54) is 0 Å². The first kappa shape index (κ1) is 23.0. The van der Waals surface area contributed by atoms with Crippen molar-refractivity contribution in [2.75, 3.05) is 7.11 Å². The van der Waals surface area contributed by atoms with Crippen molar-refractivity contribution in [1.82, 2.24) is 20.4 Å². The molecule has 2 heterocycles. The summed E-state index contributed by atoms with van der Waals surface area (Å²) in [4.78, 5) is 21.0. The molecule has 1 amide bonds. The Morgan fingerprint density at radius 3 is 2.62 bits per heavy atom. The molecule has 34 heavy (non-hydrogen) atoms. The van der Waals surface area contributed by atoms with E-state index >= 15 is 0 Å². The lowest BCUT2D eigenvalue weighted by atomic mass is 10.1. The number of amides is 1. The monoisotopic (exact) mass is 458 g/mol. The van der Waals surface area contributed by atoms with E-state index in [1.54, 1.807) is 19.4 Å².